The number of hydrogen-bond acceptors (Lipinski definition) is 3. The van der Waals surface area contributed by atoms with Crippen molar-refractivity contribution in [3.05, 3.63) is 35.9 Å². The highest BCUT2D eigenvalue weighted by atomic mass is 35.5. The average Bonchev–Trinajstić information content (AvgIpc) is 2.62. The lowest BCUT2D eigenvalue weighted by Gasteiger charge is -2.29. The van der Waals surface area contributed by atoms with Crippen LogP contribution in [0.4, 0.5) is 0 Å². The van der Waals surface area contributed by atoms with Crippen LogP contribution in [0.2, 0.25) is 0 Å². The number of carbonyl (C=O) groups excluding carboxylic acids is 2. The Morgan fingerprint density at radius 1 is 1.15 bits per heavy atom. The third-order valence-electron chi connectivity index (χ3n) is 4.83. The highest BCUT2D eigenvalue weighted by Gasteiger charge is 2.29. The monoisotopic (exact) mass is 383 g/mol. The first-order chi connectivity index (χ1) is 11.8. The van der Waals surface area contributed by atoms with Gasteiger partial charge in [-0.3, -0.25) is 9.59 Å². The summed E-state index contributed by atoms with van der Waals surface area (Å²) in [6, 6.07) is 8.52. The molecule has 0 aliphatic heterocycles. The average molecular weight is 384 g/mol. The van der Waals surface area contributed by atoms with Gasteiger partial charge in [-0.2, -0.15) is 0 Å². The van der Waals surface area contributed by atoms with E-state index in [2.05, 4.69) is 19.2 Å². The van der Waals surface area contributed by atoms with Crippen LogP contribution in [0.1, 0.15) is 50.9 Å². The van der Waals surface area contributed by atoms with Gasteiger partial charge in [0.25, 0.3) is 5.91 Å². The van der Waals surface area contributed by atoms with Gasteiger partial charge in [0.05, 0.1) is 0 Å². The maximum Gasteiger partial charge on any atom is 0.251 e. The van der Waals surface area contributed by atoms with Gasteiger partial charge in [0, 0.05) is 25.2 Å². The molecule has 0 aliphatic carbocycles. The summed E-state index contributed by atoms with van der Waals surface area (Å²) in [5.41, 5.74) is 6.64. The molecule has 0 bridgehead atoms. The molecule has 148 valence electrons. The smallest absolute Gasteiger partial charge is 0.251 e. The van der Waals surface area contributed by atoms with Gasteiger partial charge in [0.2, 0.25) is 5.91 Å². The first-order valence-corrected chi connectivity index (χ1v) is 9.14. The molecule has 1 aromatic carbocycles. The van der Waals surface area contributed by atoms with E-state index < -0.39 is 6.04 Å². The van der Waals surface area contributed by atoms with Crippen LogP contribution < -0.4 is 11.1 Å². The molecule has 0 aromatic heterocycles. The van der Waals surface area contributed by atoms with Gasteiger partial charge in [0.1, 0.15) is 6.04 Å². The van der Waals surface area contributed by atoms with Crippen LogP contribution >= 0.6 is 12.4 Å². The molecule has 1 rings (SSSR count). The number of nitrogens with zero attached hydrogens (tertiary/aromatic N) is 1. The number of amides is 2. The molecule has 26 heavy (non-hydrogen) atoms. The predicted molar refractivity (Wildman–Crippen MR) is 109 cm³/mol. The molecular formula is C20H34ClN3O2. The van der Waals surface area contributed by atoms with Crippen molar-refractivity contribution in [2.75, 3.05) is 13.6 Å². The molecule has 0 heterocycles. The maximum absolute atomic E-state index is 12.9. The molecule has 0 radical (unpaired) electrons. The third kappa shape index (κ3) is 7.34. The molecule has 3 atom stereocenters. The molecule has 3 unspecified atom stereocenters. The van der Waals surface area contributed by atoms with E-state index in [0.717, 1.165) is 12.8 Å². The molecule has 0 aliphatic rings. The lowest BCUT2D eigenvalue weighted by atomic mass is 9.96. The maximum atomic E-state index is 12.9. The Balaban J connectivity index is 0.00000625. The summed E-state index contributed by atoms with van der Waals surface area (Å²) in [7, 11) is 1.78. The molecule has 1 aromatic rings. The highest BCUT2D eigenvalue weighted by Crippen LogP contribution is 2.13. The molecule has 0 saturated heterocycles. The Bertz CT molecular complexity index is 551. The molecule has 0 fully saturated rings. The number of nitrogens with two attached hydrogens (primary N) is 1. The van der Waals surface area contributed by atoms with Gasteiger partial charge in [-0.1, -0.05) is 52.3 Å². The number of benzene rings is 1. The normalized spacial score (nSPS) is 14.1. The van der Waals surface area contributed by atoms with Gasteiger partial charge in [-0.15, -0.1) is 12.4 Å². The fraction of sp³-hybridized carbons (Fsp3) is 0.600. The van der Waals surface area contributed by atoms with Gasteiger partial charge in [0.15, 0.2) is 0 Å². The second-order valence-corrected chi connectivity index (χ2v) is 7.16. The Hall–Kier alpha value is -1.59. The van der Waals surface area contributed by atoms with E-state index in [1.807, 2.05) is 32.0 Å². The van der Waals surface area contributed by atoms with Crippen LogP contribution in [-0.4, -0.2) is 42.4 Å². The van der Waals surface area contributed by atoms with Crippen LogP contribution in [0.5, 0.6) is 0 Å². The van der Waals surface area contributed by atoms with E-state index in [9.17, 15) is 9.59 Å². The second-order valence-electron chi connectivity index (χ2n) is 7.16. The predicted octanol–water partition coefficient (Wildman–Crippen LogP) is 3.08. The number of hydrogen-bond donors (Lipinski definition) is 2. The SMILES string of the molecule is CCC(C)C(NC(=O)c1ccccc1)C(=O)N(C)CCC(N)C(C)C.Cl. The minimum atomic E-state index is -0.530. The van der Waals surface area contributed by atoms with Crippen molar-refractivity contribution < 1.29 is 9.59 Å². The molecule has 0 spiro atoms. The van der Waals surface area contributed by atoms with Crippen molar-refractivity contribution in [2.45, 2.75) is 52.6 Å². The van der Waals surface area contributed by atoms with E-state index in [-0.39, 0.29) is 36.2 Å². The zero-order chi connectivity index (χ0) is 19.0. The van der Waals surface area contributed by atoms with Gasteiger partial charge >= 0.3 is 0 Å². The second kappa shape index (κ2) is 11.9. The van der Waals surface area contributed by atoms with Crippen molar-refractivity contribution in [1.29, 1.82) is 0 Å². The van der Waals surface area contributed by atoms with Gasteiger partial charge in [-0.25, -0.2) is 0 Å². The van der Waals surface area contributed by atoms with E-state index in [0.29, 0.717) is 18.0 Å². The first-order valence-electron chi connectivity index (χ1n) is 9.14. The molecule has 2 amide bonds. The van der Waals surface area contributed by atoms with Gasteiger partial charge < -0.3 is 16.0 Å². The Kier molecular flexibility index (Phi) is 11.2. The number of rotatable bonds is 9. The van der Waals surface area contributed by atoms with Crippen LogP contribution in [0.15, 0.2) is 30.3 Å². The number of nitrogens with one attached hydrogen (secondary N) is 1. The molecular weight excluding hydrogens is 350 g/mol. The first kappa shape index (κ1) is 24.4. The van der Waals surface area contributed by atoms with Gasteiger partial charge in [-0.05, 0) is 30.4 Å². The summed E-state index contributed by atoms with van der Waals surface area (Å²) >= 11 is 0. The minimum Gasteiger partial charge on any atom is -0.344 e. The van der Waals surface area contributed by atoms with Crippen molar-refractivity contribution in [3.8, 4) is 0 Å². The quantitative estimate of drug-likeness (QED) is 0.688. The summed E-state index contributed by atoms with van der Waals surface area (Å²) in [6.45, 7) is 8.76. The fourth-order valence-corrected chi connectivity index (χ4v) is 2.52. The molecule has 3 N–H and O–H groups in total. The Morgan fingerprint density at radius 2 is 1.73 bits per heavy atom. The van der Waals surface area contributed by atoms with E-state index >= 15 is 0 Å². The van der Waals surface area contributed by atoms with Crippen molar-refractivity contribution in [1.82, 2.24) is 10.2 Å². The molecule has 0 saturated carbocycles. The fourth-order valence-electron chi connectivity index (χ4n) is 2.52. The highest BCUT2D eigenvalue weighted by molar-refractivity contribution is 5.97. The summed E-state index contributed by atoms with van der Waals surface area (Å²) in [4.78, 5) is 27.0. The van der Waals surface area contributed by atoms with E-state index in [4.69, 9.17) is 5.73 Å². The van der Waals surface area contributed by atoms with Crippen molar-refractivity contribution in [3.63, 3.8) is 0 Å². The summed E-state index contributed by atoms with van der Waals surface area (Å²) in [5.74, 6) is 0.161. The van der Waals surface area contributed by atoms with Crippen LogP contribution in [0.3, 0.4) is 0 Å². The van der Waals surface area contributed by atoms with Crippen LogP contribution in [0, 0.1) is 11.8 Å². The minimum absolute atomic E-state index is 0. The Morgan fingerprint density at radius 3 is 2.23 bits per heavy atom. The van der Waals surface area contributed by atoms with Crippen molar-refractivity contribution in [2.24, 2.45) is 17.6 Å². The largest absolute Gasteiger partial charge is 0.344 e. The molecule has 6 heteroatoms. The summed E-state index contributed by atoms with van der Waals surface area (Å²) in [5, 5.41) is 2.91. The topological polar surface area (TPSA) is 75.4 Å². The number of halogens is 1. The number of carbonyl (C=O) groups is 2. The summed E-state index contributed by atoms with van der Waals surface area (Å²) < 4.78 is 0. The lowest BCUT2D eigenvalue weighted by molar-refractivity contribution is -0.133. The number of likely N-dealkylation sites (N-methyl/N-ethyl adjacent to an activating group) is 1. The van der Waals surface area contributed by atoms with E-state index in [1.165, 1.54) is 0 Å². The van der Waals surface area contributed by atoms with E-state index in [1.54, 1.807) is 24.1 Å². The Labute approximate surface area is 164 Å². The standard InChI is InChI=1S/C20H33N3O2.ClH/c1-6-15(4)18(22-19(24)16-10-8-7-9-11-16)20(25)23(5)13-12-17(21)14(2)3;/h7-11,14-15,17-18H,6,12-13,21H2,1-5H3,(H,22,24);1H. The summed E-state index contributed by atoms with van der Waals surface area (Å²) in [6.07, 6.45) is 1.56. The molecule has 5 nitrogen and oxygen atoms in total. The zero-order valence-electron chi connectivity index (χ0n) is 16.6. The zero-order valence-corrected chi connectivity index (χ0v) is 17.4. The lowest BCUT2D eigenvalue weighted by Crippen LogP contribution is -2.51. The third-order valence-corrected chi connectivity index (χ3v) is 4.83. The van der Waals surface area contributed by atoms with Crippen molar-refractivity contribution >= 4 is 24.2 Å². The van der Waals surface area contributed by atoms with Crippen LogP contribution in [-0.2, 0) is 4.79 Å². The van der Waals surface area contributed by atoms with Crippen LogP contribution in [0.25, 0.3) is 0 Å².